The molecule has 3 heterocycles. The third-order valence-electron chi connectivity index (χ3n) is 3.35. The van der Waals surface area contributed by atoms with Crippen molar-refractivity contribution in [2.24, 2.45) is 0 Å². The number of rotatable bonds is 4. The van der Waals surface area contributed by atoms with Crippen LogP contribution in [0.3, 0.4) is 0 Å². The Morgan fingerprint density at radius 1 is 1.33 bits per heavy atom. The predicted molar refractivity (Wildman–Crippen MR) is 72.0 cm³/mol. The lowest BCUT2D eigenvalue weighted by atomic mass is 10.3. The van der Waals surface area contributed by atoms with E-state index >= 15 is 0 Å². The van der Waals surface area contributed by atoms with E-state index in [4.69, 9.17) is 4.74 Å². The topological polar surface area (TPSA) is 60.2 Å². The van der Waals surface area contributed by atoms with Gasteiger partial charge in [-0.05, 0) is 12.1 Å². The van der Waals surface area contributed by atoms with Crippen LogP contribution in [0.1, 0.15) is 6.42 Å². The van der Waals surface area contributed by atoms with Crippen molar-refractivity contribution in [3.05, 3.63) is 42.7 Å². The molecule has 0 saturated carbocycles. The highest BCUT2D eigenvalue weighted by Gasteiger charge is 2.28. The van der Waals surface area contributed by atoms with E-state index in [1.807, 2.05) is 29.1 Å². The van der Waals surface area contributed by atoms with Gasteiger partial charge in [0.25, 0.3) is 0 Å². The van der Waals surface area contributed by atoms with Crippen LogP contribution in [0.5, 0.6) is 6.01 Å². The highest BCUT2D eigenvalue weighted by atomic mass is 19.1. The van der Waals surface area contributed by atoms with E-state index in [1.165, 1.54) is 0 Å². The molecule has 7 heteroatoms. The molecule has 0 unspecified atom stereocenters. The van der Waals surface area contributed by atoms with Crippen molar-refractivity contribution in [3.8, 4) is 6.01 Å². The van der Waals surface area contributed by atoms with E-state index in [0.29, 0.717) is 19.6 Å². The van der Waals surface area contributed by atoms with Gasteiger partial charge in [-0.1, -0.05) is 0 Å². The molecular formula is C14H15FN4O2. The van der Waals surface area contributed by atoms with E-state index in [9.17, 15) is 9.18 Å². The maximum absolute atomic E-state index is 12.7. The SMILES string of the molecule is O=C(Cn1cccc1)N1CC[C@H](Oc2ncc(F)cn2)C1. The number of aromatic nitrogens is 3. The Morgan fingerprint density at radius 2 is 2.05 bits per heavy atom. The Morgan fingerprint density at radius 3 is 2.76 bits per heavy atom. The number of hydrogen-bond acceptors (Lipinski definition) is 4. The largest absolute Gasteiger partial charge is 0.458 e. The van der Waals surface area contributed by atoms with Gasteiger partial charge in [-0.15, -0.1) is 0 Å². The van der Waals surface area contributed by atoms with Crippen LogP contribution >= 0.6 is 0 Å². The lowest BCUT2D eigenvalue weighted by Gasteiger charge is -2.17. The third-order valence-corrected chi connectivity index (χ3v) is 3.35. The fraction of sp³-hybridized carbons (Fsp3) is 0.357. The standard InChI is InChI=1S/C14H15FN4O2/c15-11-7-16-14(17-8-11)21-12-3-6-19(9-12)13(20)10-18-4-1-2-5-18/h1-2,4-5,7-8,12H,3,6,9-10H2/t12-/m0/s1. The Labute approximate surface area is 121 Å². The van der Waals surface area contributed by atoms with Gasteiger partial charge in [-0.3, -0.25) is 4.79 Å². The van der Waals surface area contributed by atoms with Gasteiger partial charge in [-0.25, -0.2) is 14.4 Å². The Kier molecular flexibility index (Phi) is 3.81. The molecule has 0 spiro atoms. The van der Waals surface area contributed by atoms with Crippen LogP contribution in [0.4, 0.5) is 4.39 Å². The average molecular weight is 290 g/mol. The van der Waals surface area contributed by atoms with Gasteiger partial charge in [0.1, 0.15) is 12.6 Å². The number of carbonyl (C=O) groups excluding carboxylic acids is 1. The van der Waals surface area contributed by atoms with Gasteiger partial charge in [0.2, 0.25) is 5.91 Å². The molecule has 0 aliphatic carbocycles. The van der Waals surface area contributed by atoms with Crippen molar-refractivity contribution in [1.82, 2.24) is 19.4 Å². The van der Waals surface area contributed by atoms with Gasteiger partial charge in [-0.2, -0.15) is 0 Å². The first kappa shape index (κ1) is 13.5. The second kappa shape index (κ2) is 5.90. The van der Waals surface area contributed by atoms with Crippen LogP contribution in [0.15, 0.2) is 36.9 Å². The van der Waals surface area contributed by atoms with E-state index in [1.54, 1.807) is 4.90 Å². The number of ether oxygens (including phenoxy) is 1. The molecule has 110 valence electrons. The normalized spacial score (nSPS) is 18.0. The summed E-state index contributed by atoms with van der Waals surface area (Å²) in [6.07, 6.45) is 6.41. The summed E-state index contributed by atoms with van der Waals surface area (Å²) in [5.41, 5.74) is 0. The molecule has 21 heavy (non-hydrogen) atoms. The summed E-state index contributed by atoms with van der Waals surface area (Å²) in [6.45, 7) is 1.47. The first-order chi connectivity index (χ1) is 10.2. The summed E-state index contributed by atoms with van der Waals surface area (Å²) >= 11 is 0. The number of hydrogen-bond donors (Lipinski definition) is 0. The average Bonchev–Trinajstić information content (AvgIpc) is 3.13. The molecule has 1 aliphatic heterocycles. The van der Waals surface area contributed by atoms with Crippen molar-refractivity contribution in [1.29, 1.82) is 0 Å². The summed E-state index contributed by atoms with van der Waals surface area (Å²) in [7, 11) is 0. The fourth-order valence-corrected chi connectivity index (χ4v) is 2.29. The van der Waals surface area contributed by atoms with Gasteiger partial charge >= 0.3 is 6.01 Å². The van der Waals surface area contributed by atoms with Crippen LogP contribution in [-0.2, 0) is 11.3 Å². The van der Waals surface area contributed by atoms with Gasteiger partial charge in [0.15, 0.2) is 5.82 Å². The summed E-state index contributed by atoms with van der Waals surface area (Å²) in [4.78, 5) is 21.4. The molecule has 6 nitrogen and oxygen atoms in total. The first-order valence-corrected chi connectivity index (χ1v) is 6.73. The maximum atomic E-state index is 12.7. The van der Waals surface area contributed by atoms with Crippen LogP contribution in [0.25, 0.3) is 0 Å². The highest BCUT2D eigenvalue weighted by Crippen LogP contribution is 2.15. The molecule has 0 bridgehead atoms. The second-order valence-corrected chi connectivity index (χ2v) is 4.91. The maximum Gasteiger partial charge on any atom is 0.316 e. The monoisotopic (exact) mass is 290 g/mol. The molecule has 0 radical (unpaired) electrons. The molecule has 1 saturated heterocycles. The van der Waals surface area contributed by atoms with Crippen LogP contribution in [-0.4, -0.2) is 44.5 Å². The molecule has 2 aromatic rings. The summed E-state index contributed by atoms with van der Waals surface area (Å²) in [5, 5.41) is 0. The van der Waals surface area contributed by atoms with Crippen molar-refractivity contribution in [2.45, 2.75) is 19.1 Å². The van der Waals surface area contributed by atoms with Gasteiger partial charge in [0.05, 0.1) is 18.9 Å². The zero-order chi connectivity index (χ0) is 14.7. The summed E-state index contributed by atoms with van der Waals surface area (Å²) < 4.78 is 20.1. The minimum absolute atomic E-state index is 0.0531. The van der Waals surface area contributed by atoms with E-state index in [-0.39, 0.29) is 18.0 Å². The highest BCUT2D eigenvalue weighted by molar-refractivity contribution is 5.76. The van der Waals surface area contributed by atoms with Crippen LogP contribution < -0.4 is 4.74 Å². The molecule has 0 aromatic carbocycles. The smallest absolute Gasteiger partial charge is 0.316 e. The van der Waals surface area contributed by atoms with Crippen molar-refractivity contribution in [3.63, 3.8) is 0 Å². The quantitative estimate of drug-likeness (QED) is 0.846. The third kappa shape index (κ3) is 3.36. The molecule has 1 aliphatic rings. The van der Waals surface area contributed by atoms with Gasteiger partial charge in [0, 0.05) is 25.4 Å². The molecular weight excluding hydrogens is 275 g/mol. The first-order valence-electron chi connectivity index (χ1n) is 6.73. The number of carbonyl (C=O) groups is 1. The Balaban J connectivity index is 1.53. The van der Waals surface area contributed by atoms with E-state index < -0.39 is 5.82 Å². The van der Waals surface area contributed by atoms with Gasteiger partial charge < -0.3 is 14.2 Å². The molecule has 1 fully saturated rings. The minimum atomic E-state index is -0.503. The second-order valence-electron chi connectivity index (χ2n) is 4.91. The predicted octanol–water partition coefficient (Wildman–Crippen LogP) is 1.10. The molecule has 0 N–H and O–H groups in total. The minimum Gasteiger partial charge on any atom is -0.458 e. The summed E-state index contributed by atoms with van der Waals surface area (Å²) in [5.74, 6) is -0.449. The lowest BCUT2D eigenvalue weighted by Crippen LogP contribution is -2.33. The summed E-state index contributed by atoms with van der Waals surface area (Å²) in [6, 6.07) is 3.91. The number of amides is 1. The number of nitrogens with zero attached hydrogens (tertiary/aromatic N) is 4. The van der Waals surface area contributed by atoms with Crippen LogP contribution in [0.2, 0.25) is 0 Å². The molecule has 3 rings (SSSR count). The van der Waals surface area contributed by atoms with Crippen LogP contribution in [0, 0.1) is 5.82 Å². The molecule has 1 atom stereocenters. The van der Waals surface area contributed by atoms with Crippen molar-refractivity contribution < 1.29 is 13.9 Å². The van der Waals surface area contributed by atoms with Crippen molar-refractivity contribution in [2.75, 3.05) is 13.1 Å². The number of halogens is 1. The zero-order valence-corrected chi connectivity index (χ0v) is 11.4. The Hall–Kier alpha value is -2.44. The Bertz CT molecular complexity index is 600. The van der Waals surface area contributed by atoms with E-state index in [0.717, 1.165) is 18.8 Å². The number of likely N-dealkylation sites (tertiary alicyclic amines) is 1. The zero-order valence-electron chi connectivity index (χ0n) is 11.4. The molecule has 2 aromatic heterocycles. The lowest BCUT2D eigenvalue weighted by molar-refractivity contribution is -0.131. The van der Waals surface area contributed by atoms with Crippen molar-refractivity contribution >= 4 is 5.91 Å². The molecule has 1 amide bonds. The van der Waals surface area contributed by atoms with E-state index in [2.05, 4.69) is 9.97 Å². The fourth-order valence-electron chi connectivity index (χ4n) is 2.29.